The molecule has 3 heterocycles. The van der Waals surface area contributed by atoms with Crippen molar-refractivity contribution in [2.24, 2.45) is 11.8 Å². The fourth-order valence-corrected chi connectivity index (χ4v) is 4.89. The van der Waals surface area contributed by atoms with Gasteiger partial charge in [0.05, 0.1) is 12.6 Å². The van der Waals surface area contributed by atoms with Crippen LogP contribution in [-0.2, 0) is 9.53 Å². The lowest BCUT2D eigenvalue weighted by molar-refractivity contribution is -0.196. The second-order valence-corrected chi connectivity index (χ2v) is 7.80. The van der Waals surface area contributed by atoms with Gasteiger partial charge in [-0.15, -0.1) is 0 Å². The highest BCUT2D eigenvalue weighted by molar-refractivity contribution is 5.78. The fraction of sp³-hybridized carbons (Fsp3) is 0.941. The zero-order chi connectivity index (χ0) is 14.6. The standard InChI is InChI=1S/C17H28N2O2/c1-12(2)15-11-21-17-8-9-18(14-4-3-5-14)10-13(17)6-7-16(20)19(15)17/h12-15H,3-11H2,1-2H3. The smallest absolute Gasteiger partial charge is 0.225 e. The van der Waals surface area contributed by atoms with Gasteiger partial charge in [-0.3, -0.25) is 9.69 Å². The average Bonchev–Trinajstić information content (AvgIpc) is 2.78. The Morgan fingerprint density at radius 2 is 2.10 bits per heavy atom. The van der Waals surface area contributed by atoms with Crippen LogP contribution in [0.1, 0.15) is 52.4 Å². The highest BCUT2D eigenvalue weighted by atomic mass is 16.5. The van der Waals surface area contributed by atoms with E-state index in [0.29, 0.717) is 17.7 Å². The van der Waals surface area contributed by atoms with Crippen molar-refractivity contribution in [3.8, 4) is 0 Å². The molecule has 4 aliphatic rings. The van der Waals surface area contributed by atoms with Crippen LogP contribution in [0.25, 0.3) is 0 Å². The Morgan fingerprint density at radius 1 is 1.29 bits per heavy atom. The van der Waals surface area contributed by atoms with Crippen molar-refractivity contribution in [2.45, 2.75) is 70.2 Å². The minimum atomic E-state index is -0.259. The first-order valence-electron chi connectivity index (χ1n) is 8.82. The Labute approximate surface area is 127 Å². The Morgan fingerprint density at radius 3 is 2.76 bits per heavy atom. The molecule has 1 amide bonds. The van der Waals surface area contributed by atoms with Crippen molar-refractivity contribution < 1.29 is 9.53 Å². The van der Waals surface area contributed by atoms with Crippen LogP contribution in [0.15, 0.2) is 0 Å². The van der Waals surface area contributed by atoms with Crippen molar-refractivity contribution in [1.82, 2.24) is 9.80 Å². The fourth-order valence-electron chi connectivity index (χ4n) is 4.89. The molecule has 4 heteroatoms. The number of rotatable bonds is 2. The molecule has 3 aliphatic heterocycles. The van der Waals surface area contributed by atoms with Gasteiger partial charge in [-0.1, -0.05) is 20.3 Å². The molecule has 1 saturated carbocycles. The molecule has 4 fully saturated rings. The third kappa shape index (κ3) is 1.98. The quantitative estimate of drug-likeness (QED) is 0.782. The molecular formula is C17H28N2O2. The molecule has 0 radical (unpaired) electrons. The number of nitrogens with zero attached hydrogens (tertiary/aromatic N) is 2. The molecule has 0 aromatic heterocycles. The zero-order valence-electron chi connectivity index (χ0n) is 13.4. The lowest BCUT2D eigenvalue weighted by atomic mass is 9.77. The molecule has 21 heavy (non-hydrogen) atoms. The summed E-state index contributed by atoms with van der Waals surface area (Å²) in [5, 5.41) is 0. The Hall–Kier alpha value is -0.610. The zero-order valence-corrected chi connectivity index (χ0v) is 13.4. The van der Waals surface area contributed by atoms with Gasteiger partial charge in [0.2, 0.25) is 5.91 Å². The van der Waals surface area contributed by atoms with E-state index >= 15 is 0 Å². The molecule has 0 aromatic carbocycles. The van der Waals surface area contributed by atoms with Crippen LogP contribution in [0.5, 0.6) is 0 Å². The van der Waals surface area contributed by atoms with E-state index < -0.39 is 0 Å². The van der Waals surface area contributed by atoms with Gasteiger partial charge < -0.3 is 9.64 Å². The predicted octanol–water partition coefficient (Wildman–Crippen LogP) is 2.23. The summed E-state index contributed by atoms with van der Waals surface area (Å²) in [6.07, 6.45) is 6.90. The molecule has 0 bridgehead atoms. The van der Waals surface area contributed by atoms with Crippen molar-refractivity contribution in [3.05, 3.63) is 0 Å². The van der Waals surface area contributed by atoms with Crippen LogP contribution in [-0.4, -0.2) is 53.2 Å². The van der Waals surface area contributed by atoms with Crippen LogP contribution < -0.4 is 0 Å². The number of hydrogen-bond acceptors (Lipinski definition) is 3. The van der Waals surface area contributed by atoms with Gasteiger partial charge in [0.25, 0.3) is 0 Å². The van der Waals surface area contributed by atoms with Crippen molar-refractivity contribution >= 4 is 5.91 Å². The highest BCUT2D eigenvalue weighted by Gasteiger charge is 2.59. The van der Waals surface area contributed by atoms with Gasteiger partial charge in [-0.25, -0.2) is 0 Å². The van der Waals surface area contributed by atoms with Crippen LogP contribution in [0, 0.1) is 11.8 Å². The molecule has 4 nitrogen and oxygen atoms in total. The third-order valence-corrected chi connectivity index (χ3v) is 6.43. The number of hydrogen-bond donors (Lipinski definition) is 0. The van der Waals surface area contributed by atoms with Gasteiger partial charge in [-0.2, -0.15) is 0 Å². The number of amides is 1. The van der Waals surface area contributed by atoms with Crippen molar-refractivity contribution in [2.75, 3.05) is 19.7 Å². The van der Waals surface area contributed by atoms with E-state index in [9.17, 15) is 4.79 Å². The van der Waals surface area contributed by atoms with Gasteiger partial charge in [0, 0.05) is 37.9 Å². The maximum Gasteiger partial charge on any atom is 0.225 e. The summed E-state index contributed by atoms with van der Waals surface area (Å²) in [6.45, 7) is 7.42. The van der Waals surface area contributed by atoms with E-state index in [-0.39, 0.29) is 11.8 Å². The average molecular weight is 292 g/mol. The lowest BCUT2D eigenvalue weighted by Crippen LogP contribution is -2.66. The molecule has 1 spiro atoms. The number of carbonyl (C=O) groups excluding carboxylic acids is 1. The second-order valence-electron chi connectivity index (χ2n) is 7.80. The SMILES string of the molecule is CC(C)C1COC23CCN(C4CCC4)CC2CCC(=O)N13. The summed E-state index contributed by atoms with van der Waals surface area (Å²) >= 11 is 0. The van der Waals surface area contributed by atoms with E-state index in [2.05, 4.69) is 23.6 Å². The van der Waals surface area contributed by atoms with Gasteiger partial charge in [0.15, 0.2) is 0 Å². The molecule has 118 valence electrons. The topological polar surface area (TPSA) is 32.8 Å². The summed E-state index contributed by atoms with van der Waals surface area (Å²) in [5.41, 5.74) is -0.259. The van der Waals surface area contributed by atoms with Gasteiger partial charge >= 0.3 is 0 Å². The number of likely N-dealkylation sites (tertiary alicyclic amines) is 1. The molecule has 3 saturated heterocycles. The van der Waals surface area contributed by atoms with Crippen molar-refractivity contribution in [1.29, 1.82) is 0 Å². The van der Waals surface area contributed by atoms with Gasteiger partial charge in [-0.05, 0) is 25.2 Å². The Balaban J connectivity index is 1.58. The summed E-state index contributed by atoms with van der Waals surface area (Å²) < 4.78 is 6.35. The molecule has 3 unspecified atom stereocenters. The normalized spacial score (nSPS) is 41.1. The first-order valence-corrected chi connectivity index (χ1v) is 8.82. The second kappa shape index (κ2) is 4.95. The van der Waals surface area contributed by atoms with E-state index in [1.165, 1.54) is 19.3 Å². The van der Waals surface area contributed by atoms with Crippen LogP contribution in [0.4, 0.5) is 0 Å². The van der Waals surface area contributed by atoms with Crippen LogP contribution in [0.2, 0.25) is 0 Å². The summed E-state index contributed by atoms with van der Waals surface area (Å²) in [5.74, 6) is 1.34. The summed E-state index contributed by atoms with van der Waals surface area (Å²) in [7, 11) is 0. The van der Waals surface area contributed by atoms with Gasteiger partial charge in [0.1, 0.15) is 5.72 Å². The first kappa shape index (κ1) is 14.0. The highest BCUT2D eigenvalue weighted by Crippen LogP contribution is 2.48. The largest absolute Gasteiger partial charge is 0.353 e. The monoisotopic (exact) mass is 292 g/mol. The molecule has 3 atom stereocenters. The summed E-state index contributed by atoms with van der Waals surface area (Å²) in [4.78, 5) is 17.4. The predicted molar refractivity (Wildman–Crippen MR) is 80.7 cm³/mol. The number of piperidine rings is 2. The molecular weight excluding hydrogens is 264 g/mol. The van der Waals surface area contributed by atoms with E-state index in [1.807, 2.05) is 0 Å². The molecule has 0 aromatic rings. The maximum absolute atomic E-state index is 12.6. The van der Waals surface area contributed by atoms with Crippen LogP contribution in [0.3, 0.4) is 0 Å². The number of ether oxygens (including phenoxy) is 1. The van der Waals surface area contributed by atoms with Crippen molar-refractivity contribution in [3.63, 3.8) is 0 Å². The third-order valence-electron chi connectivity index (χ3n) is 6.43. The molecule has 4 rings (SSSR count). The molecule has 1 aliphatic carbocycles. The summed E-state index contributed by atoms with van der Waals surface area (Å²) in [6, 6.07) is 1.10. The van der Waals surface area contributed by atoms with Crippen LogP contribution >= 0.6 is 0 Å². The first-order chi connectivity index (χ1) is 10.1. The maximum atomic E-state index is 12.6. The van der Waals surface area contributed by atoms with E-state index in [1.54, 1.807) is 0 Å². The Bertz CT molecular complexity index is 435. The van der Waals surface area contributed by atoms with E-state index in [4.69, 9.17) is 4.74 Å². The lowest BCUT2D eigenvalue weighted by Gasteiger charge is -2.55. The minimum Gasteiger partial charge on any atom is -0.353 e. The minimum absolute atomic E-state index is 0.259. The van der Waals surface area contributed by atoms with E-state index in [0.717, 1.165) is 45.0 Å². The molecule has 0 N–H and O–H groups in total. The Kier molecular flexibility index (Phi) is 3.30. The number of carbonyl (C=O) groups is 1.